The van der Waals surface area contributed by atoms with Crippen LogP contribution in [-0.2, 0) is 11.3 Å². The van der Waals surface area contributed by atoms with E-state index in [1.807, 2.05) is 24.3 Å². The molecule has 0 aliphatic carbocycles. The second-order valence-electron chi connectivity index (χ2n) is 8.42. The number of hydrogen-bond acceptors (Lipinski definition) is 3. The van der Waals surface area contributed by atoms with Gasteiger partial charge in [0.1, 0.15) is 5.75 Å². The van der Waals surface area contributed by atoms with E-state index in [1.165, 1.54) is 4.90 Å². The van der Waals surface area contributed by atoms with Crippen LogP contribution in [0, 0.1) is 5.41 Å². The molecule has 0 radical (unpaired) electrons. The Balaban J connectivity index is 2.06. The maximum Gasteiger partial charge on any atom is 0.259 e. The number of ether oxygens (including phenoxy) is 1. The molecule has 6 heteroatoms. The van der Waals surface area contributed by atoms with Crippen LogP contribution in [0.4, 0.5) is 0 Å². The summed E-state index contributed by atoms with van der Waals surface area (Å²) in [5.41, 5.74) is 1.37. The number of nitrogens with one attached hydrogen (secondary N) is 1. The molecule has 1 aliphatic rings. The van der Waals surface area contributed by atoms with E-state index in [0.29, 0.717) is 12.3 Å². The number of amides is 1. The van der Waals surface area contributed by atoms with Gasteiger partial charge in [0.05, 0.1) is 6.54 Å². The first kappa shape index (κ1) is 21.1. The maximum absolute atomic E-state index is 11.7. The van der Waals surface area contributed by atoms with Gasteiger partial charge in [-0.05, 0) is 38.5 Å². The van der Waals surface area contributed by atoms with Gasteiger partial charge < -0.3 is 19.9 Å². The molecular weight excluding hydrogens is 340 g/mol. The molecule has 1 saturated heterocycles. The molecule has 1 heterocycles. The minimum Gasteiger partial charge on any atom is -0.484 e. The van der Waals surface area contributed by atoms with Crippen molar-refractivity contribution in [2.24, 2.45) is 10.4 Å². The van der Waals surface area contributed by atoms with Crippen molar-refractivity contribution in [3.63, 3.8) is 0 Å². The van der Waals surface area contributed by atoms with E-state index in [2.05, 4.69) is 44.8 Å². The molecule has 0 aromatic heterocycles. The van der Waals surface area contributed by atoms with Crippen LogP contribution in [0.1, 0.15) is 40.2 Å². The number of aliphatic imine (C=N–C) groups is 1. The van der Waals surface area contributed by atoms with Crippen molar-refractivity contribution < 1.29 is 9.53 Å². The van der Waals surface area contributed by atoms with Gasteiger partial charge in [0, 0.05) is 38.1 Å². The molecule has 0 bridgehead atoms. The number of benzene rings is 1. The number of carbonyl (C=O) groups excluding carboxylic acids is 1. The highest BCUT2D eigenvalue weighted by atomic mass is 16.5. The lowest BCUT2D eigenvalue weighted by Crippen LogP contribution is -2.72. The molecule has 150 valence electrons. The van der Waals surface area contributed by atoms with E-state index in [9.17, 15) is 4.79 Å². The van der Waals surface area contributed by atoms with E-state index in [-0.39, 0.29) is 23.5 Å². The Morgan fingerprint density at radius 3 is 2.56 bits per heavy atom. The lowest BCUT2D eigenvalue weighted by molar-refractivity contribution is -0.130. The number of likely N-dealkylation sites (N-methyl/N-ethyl adjacent to an activating group) is 1. The first-order valence-electron chi connectivity index (χ1n) is 9.56. The third-order valence-corrected chi connectivity index (χ3v) is 5.65. The van der Waals surface area contributed by atoms with E-state index < -0.39 is 0 Å². The van der Waals surface area contributed by atoms with Crippen molar-refractivity contribution in [1.29, 1.82) is 0 Å². The highest BCUT2D eigenvalue weighted by molar-refractivity contribution is 5.82. The Hall–Kier alpha value is -2.24. The largest absolute Gasteiger partial charge is 0.484 e. The summed E-state index contributed by atoms with van der Waals surface area (Å²) in [6.07, 6.45) is 0. The van der Waals surface area contributed by atoms with Gasteiger partial charge in [-0.3, -0.25) is 4.79 Å². The van der Waals surface area contributed by atoms with Crippen molar-refractivity contribution in [2.75, 3.05) is 33.8 Å². The molecule has 1 aromatic rings. The van der Waals surface area contributed by atoms with Gasteiger partial charge in [-0.2, -0.15) is 0 Å². The van der Waals surface area contributed by atoms with Crippen LogP contribution >= 0.6 is 0 Å². The van der Waals surface area contributed by atoms with Crippen LogP contribution in [0.5, 0.6) is 5.75 Å². The number of guanidine groups is 1. The Bertz CT molecular complexity index is 695. The molecule has 0 unspecified atom stereocenters. The van der Waals surface area contributed by atoms with Gasteiger partial charge >= 0.3 is 0 Å². The molecule has 1 N–H and O–H groups in total. The summed E-state index contributed by atoms with van der Waals surface area (Å²) in [6.45, 7) is 13.6. The maximum atomic E-state index is 11.7. The highest BCUT2D eigenvalue weighted by Crippen LogP contribution is 2.46. The van der Waals surface area contributed by atoms with Crippen molar-refractivity contribution in [2.45, 2.75) is 46.7 Å². The SMILES string of the molecule is CCNC(=NCc1cccc(OCC(=O)N(C)C)c1)N1CC(C)(C)C1(C)C. The average Bonchev–Trinajstić information content (AvgIpc) is 2.61. The predicted molar refractivity (Wildman–Crippen MR) is 110 cm³/mol. The van der Waals surface area contributed by atoms with Gasteiger partial charge in [-0.1, -0.05) is 26.0 Å². The Morgan fingerprint density at radius 2 is 2.00 bits per heavy atom. The quantitative estimate of drug-likeness (QED) is 0.614. The standard InChI is InChI=1S/C21H34N4O2/c1-8-22-19(25-15-20(2,3)21(25,4)5)23-13-16-10-9-11-17(12-16)27-14-18(26)24(6)7/h9-12H,8,13-15H2,1-7H3,(H,22,23). The van der Waals surface area contributed by atoms with Crippen LogP contribution < -0.4 is 10.1 Å². The zero-order chi connectivity index (χ0) is 20.2. The Labute approximate surface area is 163 Å². The van der Waals surface area contributed by atoms with Crippen molar-refractivity contribution >= 4 is 11.9 Å². The lowest BCUT2D eigenvalue weighted by Gasteiger charge is -2.62. The summed E-state index contributed by atoms with van der Waals surface area (Å²) in [6, 6.07) is 7.77. The van der Waals surface area contributed by atoms with E-state index in [4.69, 9.17) is 9.73 Å². The van der Waals surface area contributed by atoms with Crippen LogP contribution in [0.2, 0.25) is 0 Å². The fourth-order valence-corrected chi connectivity index (χ4v) is 2.97. The molecule has 1 aliphatic heterocycles. The number of hydrogen-bond donors (Lipinski definition) is 1. The predicted octanol–water partition coefficient (Wildman–Crippen LogP) is 2.74. The fourth-order valence-electron chi connectivity index (χ4n) is 2.97. The minimum absolute atomic E-state index is 0.0411. The van der Waals surface area contributed by atoms with Crippen molar-refractivity contribution in [3.8, 4) is 5.75 Å². The van der Waals surface area contributed by atoms with Crippen LogP contribution in [0.3, 0.4) is 0 Å². The van der Waals surface area contributed by atoms with Crippen LogP contribution in [-0.4, -0.2) is 61.0 Å². The first-order chi connectivity index (χ1) is 12.6. The third-order valence-electron chi connectivity index (χ3n) is 5.65. The molecule has 2 rings (SSSR count). The number of likely N-dealkylation sites (tertiary alicyclic amines) is 1. The second-order valence-corrected chi connectivity index (χ2v) is 8.42. The zero-order valence-corrected chi connectivity index (χ0v) is 17.8. The molecule has 0 saturated carbocycles. The second kappa shape index (κ2) is 8.19. The number of rotatable bonds is 6. The molecular formula is C21H34N4O2. The monoisotopic (exact) mass is 374 g/mol. The van der Waals surface area contributed by atoms with Gasteiger partial charge in [-0.15, -0.1) is 0 Å². The van der Waals surface area contributed by atoms with Crippen LogP contribution in [0.15, 0.2) is 29.3 Å². The summed E-state index contributed by atoms with van der Waals surface area (Å²) < 4.78 is 5.60. The molecule has 27 heavy (non-hydrogen) atoms. The summed E-state index contributed by atoms with van der Waals surface area (Å²) in [7, 11) is 3.44. The third kappa shape index (κ3) is 4.73. The van der Waals surface area contributed by atoms with Crippen molar-refractivity contribution in [1.82, 2.24) is 15.1 Å². The summed E-state index contributed by atoms with van der Waals surface area (Å²) >= 11 is 0. The van der Waals surface area contributed by atoms with Crippen LogP contribution in [0.25, 0.3) is 0 Å². The lowest BCUT2D eigenvalue weighted by atomic mass is 9.65. The molecule has 1 amide bonds. The molecule has 1 fully saturated rings. The van der Waals surface area contributed by atoms with E-state index in [1.54, 1.807) is 14.1 Å². The molecule has 6 nitrogen and oxygen atoms in total. The smallest absolute Gasteiger partial charge is 0.259 e. The number of carbonyl (C=O) groups is 1. The summed E-state index contributed by atoms with van der Waals surface area (Å²) in [4.78, 5) is 20.4. The van der Waals surface area contributed by atoms with Gasteiger partial charge in [-0.25, -0.2) is 4.99 Å². The normalized spacial score (nSPS) is 17.9. The molecule has 0 spiro atoms. The zero-order valence-electron chi connectivity index (χ0n) is 17.8. The van der Waals surface area contributed by atoms with E-state index >= 15 is 0 Å². The number of nitrogens with zero attached hydrogens (tertiary/aromatic N) is 3. The minimum atomic E-state index is -0.0597. The van der Waals surface area contributed by atoms with Gasteiger partial charge in [0.2, 0.25) is 0 Å². The average molecular weight is 375 g/mol. The van der Waals surface area contributed by atoms with Gasteiger partial charge in [0.15, 0.2) is 12.6 Å². The summed E-state index contributed by atoms with van der Waals surface area (Å²) in [5, 5.41) is 3.41. The highest BCUT2D eigenvalue weighted by Gasteiger charge is 2.53. The first-order valence-corrected chi connectivity index (χ1v) is 9.56. The molecule has 1 aromatic carbocycles. The fraction of sp³-hybridized carbons (Fsp3) is 0.619. The topological polar surface area (TPSA) is 57.2 Å². The van der Waals surface area contributed by atoms with Gasteiger partial charge in [0.25, 0.3) is 5.91 Å². The van der Waals surface area contributed by atoms with Crippen molar-refractivity contribution in [3.05, 3.63) is 29.8 Å². The van der Waals surface area contributed by atoms with E-state index in [0.717, 1.165) is 24.6 Å². The Kier molecular flexibility index (Phi) is 6.39. The molecule has 0 atom stereocenters. The Morgan fingerprint density at radius 1 is 1.30 bits per heavy atom. The summed E-state index contributed by atoms with van der Waals surface area (Å²) in [5.74, 6) is 1.57.